The fraction of sp³-hybridized carbons (Fsp3) is 0.292. The fourth-order valence-corrected chi connectivity index (χ4v) is 6.17. The maximum Gasteiger partial charge on any atom is 0.243 e. The van der Waals surface area contributed by atoms with Gasteiger partial charge in [0, 0.05) is 25.2 Å². The number of sulfonamides is 1. The van der Waals surface area contributed by atoms with Crippen LogP contribution in [0.3, 0.4) is 0 Å². The van der Waals surface area contributed by atoms with Gasteiger partial charge in [0.25, 0.3) is 0 Å². The van der Waals surface area contributed by atoms with Crippen molar-refractivity contribution in [3.05, 3.63) is 88.7 Å². The van der Waals surface area contributed by atoms with Crippen molar-refractivity contribution in [2.75, 3.05) is 13.1 Å². The van der Waals surface area contributed by atoms with E-state index in [9.17, 15) is 8.42 Å². The molecule has 1 N–H and O–H groups in total. The molecule has 0 unspecified atom stereocenters. The Hall–Kier alpha value is -3.08. The Kier molecular flexibility index (Phi) is 6.20. The highest BCUT2D eigenvalue weighted by Gasteiger charge is 2.33. The van der Waals surface area contributed by atoms with E-state index in [0.717, 1.165) is 29.9 Å². The second-order valence-corrected chi connectivity index (χ2v) is 10.9. The summed E-state index contributed by atoms with van der Waals surface area (Å²) in [5.74, 6) is 0.647. The number of aromatic nitrogens is 5. The Morgan fingerprint density at radius 3 is 2.65 bits per heavy atom. The smallest absolute Gasteiger partial charge is 0.243 e. The zero-order valence-corrected chi connectivity index (χ0v) is 20.5. The van der Waals surface area contributed by atoms with Crippen LogP contribution >= 0.6 is 12.2 Å². The Bertz CT molecular complexity index is 1440. The molecule has 2 aromatic carbocycles. The first-order valence-corrected chi connectivity index (χ1v) is 13.1. The van der Waals surface area contributed by atoms with E-state index in [0.29, 0.717) is 29.3 Å². The molecule has 5 rings (SSSR count). The zero-order valence-electron chi connectivity index (χ0n) is 18.8. The maximum absolute atomic E-state index is 13.2. The summed E-state index contributed by atoms with van der Waals surface area (Å²) in [4.78, 5) is 0.312. The molecule has 1 saturated heterocycles. The molecule has 0 amide bonds. The quantitative estimate of drug-likeness (QED) is 0.409. The van der Waals surface area contributed by atoms with Gasteiger partial charge in [-0.05, 0) is 49.7 Å². The molecular formula is C24H26N6O2S2. The molecule has 0 bridgehead atoms. The van der Waals surface area contributed by atoms with E-state index >= 15 is 0 Å². The van der Waals surface area contributed by atoms with Gasteiger partial charge >= 0.3 is 0 Å². The molecular weight excluding hydrogens is 468 g/mol. The average Bonchev–Trinajstić information content (AvgIpc) is 3.47. The Morgan fingerprint density at radius 1 is 1.12 bits per heavy atom. The molecule has 10 heteroatoms. The van der Waals surface area contributed by atoms with E-state index in [-0.39, 0.29) is 5.92 Å². The van der Waals surface area contributed by atoms with Crippen LogP contribution in [0.4, 0.5) is 0 Å². The summed E-state index contributed by atoms with van der Waals surface area (Å²) in [7, 11) is -3.56. The fourth-order valence-electron chi connectivity index (χ4n) is 4.38. The van der Waals surface area contributed by atoms with Crippen molar-refractivity contribution in [2.45, 2.75) is 37.1 Å². The van der Waals surface area contributed by atoms with Gasteiger partial charge in [-0.2, -0.15) is 14.5 Å². The Morgan fingerprint density at radius 2 is 1.88 bits per heavy atom. The molecule has 1 fully saturated rings. The van der Waals surface area contributed by atoms with E-state index in [1.54, 1.807) is 34.8 Å². The largest absolute Gasteiger partial charge is 0.269 e. The number of hydrogen-bond donors (Lipinski definition) is 1. The summed E-state index contributed by atoms with van der Waals surface area (Å²) in [5.41, 5.74) is 3.18. The van der Waals surface area contributed by atoms with Gasteiger partial charge in [0.15, 0.2) is 4.77 Å². The summed E-state index contributed by atoms with van der Waals surface area (Å²) >= 11 is 5.53. The van der Waals surface area contributed by atoms with Crippen LogP contribution in [-0.4, -0.2) is 50.4 Å². The summed E-state index contributed by atoms with van der Waals surface area (Å²) in [5, 5.41) is 11.9. The third-order valence-corrected chi connectivity index (χ3v) is 8.32. The number of aromatic amines is 1. The van der Waals surface area contributed by atoms with Crippen LogP contribution in [0.15, 0.2) is 71.9 Å². The van der Waals surface area contributed by atoms with Crippen molar-refractivity contribution >= 4 is 22.2 Å². The molecule has 1 atom stereocenters. The van der Waals surface area contributed by atoms with Crippen LogP contribution in [0.5, 0.6) is 0 Å². The minimum Gasteiger partial charge on any atom is -0.269 e. The number of aryl methyl sites for hydroxylation is 1. The van der Waals surface area contributed by atoms with Crippen molar-refractivity contribution in [2.24, 2.45) is 0 Å². The standard InChI is InChI=1S/C24H26N6O2S2/c1-18-9-11-19(12-10-18)15-28-17-21(14-25-28)30-23(26-27-24(30)33)20-6-5-13-29(16-20)34(31,32)22-7-3-2-4-8-22/h2-4,7-12,14,17,20H,5-6,13,15-16H2,1H3,(H,27,33)/t20-/m1/s1. The number of piperidine rings is 1. The van der Waals surface area contributed by atoms with Gasteiger partial charge in [-0.15, -0.1) is 0 Å². The van der Waals surface area contributed by atoms with Crippen LogP contribution in [0, 0.1) is 11.7 Å². The SMILES string of the molecule is Cc1ccc(Cn2cc(-n3c([C@@H]4CCCN(S(=O)(=O)c5ccccc5)C4)n[nH]c3=S)cn2)cc1. The van der Waals surface area contributed by atoms with Gasteiger partial charge < -0.3 is 0 Å². The summed E-state index contributed by atoms with van der Waals surface area (Å²) in [6, 6.07) is 16.9. The van der Waals surface area contributed by atoms with Crippen LogP contribution in [-0.2, 0) is 16.6 Å². The molecule has 0 saturated carbocycles. The maximum atomic E-state index is 13.2. The molecule has 0 aliphatic carbocycles. The van der Waals surface area contributed by atoms with Crippen molar-refractivity contribution in [1.82, 2.24) is 28.9 Å². The molecule has 1 aliphatic heterocycles. The Labute approximate surface area is 203 Å². The van der Waals surface area contributed by atoms with Crippen LogP contribution in [0.2, 0.25) is 0 Å². The van der Waals surface area contributed by atoms with E-state index in [2.05, 4.69) is 46.5 Å². The first-order valence-electron chi connectivity index (χ1n) is 11.2. The zero-order chi connectivity index (χ0) is 23.7. The topological polar surface area (TPSA) is 88.8 Å². The van der Waals surface area contributed by atoms with E-state index in [4.69, 9.17) is 12.2 Å². The monoisotopic (exact) mass is 494 g/mol. The normalized spacial score (nSPS) is 17.1. The van der Waals surface area contributed by atoms with Gasteiger partial charge in [-0.1, -0.05) is 48.0 Å². The molecule has 2 aromatic heterocycles. The predicted molar refractivity (Wildman–Crippen MR) is 132 cm³/mol. The lowest BCUT2D eigenvalue weighted by molar-refractivity contribution is 0.307. The van der Waals surface area contributed by atoms with Gasteiger partial charge in [-0.3, -0.25) is 14.3 Å². The number of nitrogens with one attached hydrogen (secondary N) is 1. The summed E-state index contributed by atoms with van der Waals surface area (Å²) in [6.07, 6.45) is 5.29. The van der Waals surface area contributed by atoms with Gasteiger partial charge in [0.2, 0.25) is 10.0 Å². The van der Waals surface area contributed by atoms with Gasteiger partial charge in [-0.25, -0.2) is 8.42 Å². The van der Waals surface area contributed by atoms with Crippen LogP contribution in [0.1, 0.15) is 35.7 Å². The lowest BCUT2D eigenvalue weighted by Crippen LogP contribution is -2.39. The lowest BCUT2D eigenvalue weighted by Gasteiger charge is -2.31. The highest BCUT2D eigenvalue weighted by atomic mass is 32.2. The number of nitrogens with zero attached hydrogens (tertiary/aromatic N) is 5. The van der Waals surface area contributed by atoms with E-state index in [1.807, 2.05) is 21.5 Å². The van der Waals surface area contributed by atoms with Crippen LogP contribution < -0.4 is 0 Å². The number of benzene rings is 2. The average molecular weight is 495 g/mol. The minimum absolute atomic E-state index is 0.0827. The molecule has 3 heterocycles. The molecule has 4 aromatic rings. The molecule has 0 radical (unpaired) electrons. The highest BCUT2D eigenvalue weighted by molar-refractivity contribution is 7.89. The van der Waals surface area contributed by atoms with Crippen molar-refractivity contribution in [3.63, 3.8) is 0 Å². The summed E-state index contributed by atoms with van der Waals surface area (Å²) < 4.78 is 32.1. The van der Waals surface area contributed by atoms with Gasteiger partial charge in [0.05, 0.1) is 23.3 Å². The second-order valence-electron chi connectivity index (χ2n) is 8.62. The highest BCUT2D eigenvalue weighted by Crippen LogP contribution is 2.30. The second kappa shape index (κ2) is 9.28. The third kappa shape index (κ3) is 4.48. The van der Waals surface area contributed by atoms with Crippen molar-refractivity contribution in [3.8, 4) is 5.69 Å². The number of rotatable bonds is 6. The molecule has 8 nitrogen and oxygen atoms in total. The van der Waals surface area contributed by atoms with Crippen molar-refractivity contribution in [1.29, 1.82) is 0 Å². The molecule has 0 spiro atoms. The molecule has 34 heavy (non-hydrogen) atoms. The third-order valence-electron chi connectivity index (χ3n) is 6.17. The first-order chi connectivity index (χ1) is 16.4. The predicted octanol–water partition coefficient (Wildman–Crippen LogP) is 4.05. The summed E-state index contributed by atoms with van der Waals surface area (Å²) in [6.45, 7) is 3.56. The van der Waals surface area contributed by atoms with Crippen molar-refractivity contribution < 1.29 is 8.42 Å². The molecule has 1 aliphatic rings. The van der Waals surface area contributed by atoms with Crippen LogP contribution in [0.25, 0.3) is 5.69 Å². The van der Waals surface area contributed by atoms with Gasteiger partial charge in [0.1, 0.15) is 5.82 Å². The molecule has 176 valence electrons. The number of hydrogen-bond acceptors (Lipinski definition) is 5. The lowest BCUT2D eigenvalue weighted by atomic mass is 9.99. The Balaban J connectivity index is 1.40. The van der Waals surface area contributed by atoms with E-state index in [1.165, 1.54) is 5.56 Å². The van der Waals surface area contributed by atoms with E-state index < -0.39 is 10.0 Å². The minimum atomic E-state index is -3.56. The number of H-pyrrole nitrogens is 1. The first kappa shape index (κ1) is 22.7.